The number of aromatic amines is 1. The summed E-state index contributed by atoms with van der Waals surface area (Å²) >= 11 is 6.36. The van der Waals surface area contributed by atoms with E-state index in [1.807, 2.05) is 0 Å². The van der Waals surface area contributed by atoms with Crippen molar-refractivity contribution in [3.63, 3.8) is 0 Å². The highest BCUT2D eigenvalue weighted by atomic mass is 35.5. The fourth-order valence-corrected chi connectivity index (χ4v) is 3.81. The molecular formula is C21H15ClF3N9O2. The number of rotatable bonds is 6. The molecule has 0 bridgehead atoms. The lowest BCUT2D eigenvalue weighted by Gasteiger charge is -2.16. The van der Waals surface area contributed by atoms with E-state index >= 15 is 0 Å². The molecule has 5 aromatic rings. The number of fused-ring (bicyclic) bond motifs is 1. The zero-order valence-electron chi connectivity index (χ0n) is 18.3. The molecule has 0 fully saturated rings. The van der Waals surface area contributed by atoms with Crippen molar-refractivity contribution in [2.24, 2.45) is 7.05 Å². The van der Waals surface area contributed by atoms with Gasteiger partial charge in [-0.25, -0.2) is 32.3 Å². The van der Waals surface area contributed by atoms with Crippen LogP contribution in [-0.2, 0) is 20.1 Å². The van der Waals surface area contributed by atoms with E-state index in [2.05, 4.69) is 30.6 Å². The normalized spacial score (nSPS) is 11.4. The Morgan fingerprint density at radius 3 is 2.56 bits per heavy atom. The molecule has 2 N–H and O–H groups in total. The highest BCUT2D eigenvalue weighted by Crippen LogP contribution is 2.29. The first kappa shape index (κ1) is 23.3. The first-order valence-electron chi connectivity index (χ1n) is 10.3. The molecule has 15 heteroatoms. The van der Waals surface area contributed by atoms with Crippen molar-refractivity contribution in [3.8, 4) is 0 Å². The van der Waals surface area contributed by atoms with E-state index in [0.717, 1.165) is 9.13 Å². The summed E-state index contributed by atoms with van der Waals surface area (Å²) in [4.78, 5) is 33.9. The predicted molar refractivity (Wildman–Crippen MR) is 123 cm³/mol. The molecule has 0 aliphatic carbocycles. The number of aryl methyl sites for hydroxylation is 1. The molecule has 184 valence electrons. The molecular weight excluding hydrogens is 503 g/mol. The van der Waals surface area contributed by atoms with E-state index < -0.39 is 35.4 Å². The van der Waals surface area contributed by atoms with Crippen LogP contribution in [0.5, 0.6) is 0 Å². The lowest BCUT2D eigenvalue weighted by Crippen LogP contribution is -2.43. The minimum Gasteiger partial charge on any atom is -0.324 e. The smallest absolute Gasteiger partial charge is 0.324 e. The van der Waals surface area contributed by atoms with Crippen LogP contribution in [0.4, 0.5) is 24.8 Å². The molecule has 0 radical (unpaired) electrons. The average Bonchev–Trinajstić information content (AvgIpc) is 3.46. The summed E-state index contributed by atoms with van der Waals surface area (Å²) in [5.41, 5.74) is -1.34. The number of aromatic nitrogens is 8. The van der Waals surface area contributed by atoms with Gasteiger partial charge in [-0.15, -0.1) is 0 Å². The first-order valence-corrected chi connectivity index (χ1v) is 10.7. The summed E-state index contributed by atoms with van der Waals surface area (Å²) in [5, 5.41) is 14.2. The van der Waals surface area contributed by atoms with Gasteiger partial charge in [0.2, 0.25) is 5.95 Å². The highest BCUT2D eigenvalue weighted by Gasteiger charge is 2.19. The Balaban J connectivity index is 1.65. The van der Waals surface area contributed by atoms with Gasteiger partial charge in [0.25, 0.3) is 0 Å². The summed E-state index contributed by atoms with van der Waals surface area (Å²) in [6.45, 7) is -0.895. The van der Waals surface area contributed by atoms with Crippen LogP contribution in [0.3, 0.4) is 0 Å². The second kappa shape index (κ2) is 8.96. The molecule has 3 heterocycles. The van der Waals surface area contributed by atoms with Crippen LogP contribution in [0, 0.1) is 17.5 Å². The van der Waals surface area contributed by atoms with E-state index in [4.69, 9.17) is 11.6 Å². The monoisotopic (exact) mass is 517 g/mol. The van der Waals surface area contributed by atoms with Gasteiger partial charge in [-0.2, -0.15) is 15.2 Å². The molecule has 0 aliphatic rings. The lowest BCUT2D eigenvalue weighted by molar-refractivity contribution is 0.485. The minimum absolute atomic E-state index is 0.187. The van der Waals surface area contributed by atoms with E-state index in [0.29, 0.717) is 23.0 Å². The standard InChI is InChI=1S/C21H15ClF3N9O2/c1-32-6-11-3-17(12(22)4-16(11)31-32)28-19-29-20(35)34(8-18-26-9-27-30-18)21(36)33(19)7-10-2-14(24)15(25)5-13(10)23/h2-6,9H,7-8H2,1H3,(H,26,27,30)(H,28,29,35). The van der Waals surface area contributed by atoms with Crippen molar-refractivity contribution in [3.05, 3.63) is 91.6 Å². The van der Waals surface area contributed by atoms with Gasteiger partial charge in [-0.05, 0) is 18.2 Å². The Kier molecular flexibility index (Phi) is 5.80. The molecule has 0 spiro atoms. The van der Waals surface area contributed by atoms with Gasteiger partial charge in [-0.1, -0.05) is 11.6 Å². The summed E-state index contributed by atoms with van der Waals surface area (Å²) in [5.74, 6) is -3.89. The summed E-state index contributed by atoms with van der Waals surface area (Å²) in [6, 6.07) is 4.19. The van der Waals surface area contributed by atoms with Gasteiger partial charge < -0.3 is 5.32 Å². The molecule has 0 atom stereocenters. The topological polar surface area (TPSA) is 128 Å². The third-order valence-corrected chi connectivity index (χ3v) is 5.61. The van der Waals surface area contributed by atoms with E-state index in [9.17, 15) is 22.8 Å². The number of halogens is 4. The second-order valence-electron chi connectivity index (χ2n) is 7.78. The number of nitrogens with one attached hydrogen (secondary N) is 2. The predicted octanol–water partition coefficient (Wildman–Crippen LogP) is 2.32. The van der Waals surface area contributed by atoms with Crippen molar-refractivity contribution in [2.45, 2.75) is 13.1 Å². The quantitative estimate of drug-likeness (QED) is 0.331. The highest BCUT2D eigenvalue weighted by molar-refractivity contribution is 6.34. The maximum atomic E-state index is 14.4. The zero-order valence-corrected chi connectivity index (χ0v) is 19.1. The molecule has 0 saturated carbocycles. The lowest BCUT2D eigenvalue weighted by atomic mass is 10.2. The summed E-state index contributed by atoms with van der Waals surface area (Å²) in [7, 11) is 1.73. The molecule has 0 unspecified atom stereocenters. The van der Waals surface area contributed by atoms with E-state index in [1.165, 1.54) is 6.33 Å². The number of hydrogen-bond acceptors (Lipinski definition) is 7. The summed E-state index contributed by atoms with van der Waals surface area (Å²) < 4.78 is 45.0. The fourth-order valence-electron chi connectivity index (χ4n) is 3.60. The van der Waals surface area contributed by atoms with Crippen molar-refractivity contribution < 1.29 is 13.2 Å². The van der Waals surface area contributed by atoms with E-state index in [1.54, 1.807) is 30.1 Å². The number of anilines is 2. The van der Waals surface area contributed by atoms with Crippen LogP contribution < -0.4 is 16.7 Å². The fraction of sp³-hybridized carbons (Fsp3) is 0.143. The van der Waals surface area contributed by atoms with Crippen molar-refractivity contribution in [1.29, 1.82) is 0 Å². The van der Waals surface area contributed by atoms with Gasteiger partial charge >= 0.3 is 11.4 Å². The molecule has 36 heavy (non-hydrogen) atoms. The first-order chi connectivity index (χ1) is 17.2. The maximum absolute atomic E-state index is 14.4. The van der Waals surface area contributed by atoms with Crippen molar-refractivity contribution >= 4 is 34.1 Å². The van der Waals surface area contributed by atoms with Gasteiger partial charge in [0.15, 0.2) is 11.6 Å². The second-order valence-corrected chi connectivity index (χ2v) is 8.19. The van der Waals surface area contributed by atoms with Crippen LogP contribution in [0.25, 0.3) is 10.9 Å². The Morgan fingerprint density at radius 1 is 1.03 bits per heavy atom. The molecule has 5 rings (SSSR count). The minimum atomic E-state index is -1.38. The Morgan fingerprint density at radius 2 is 1.81 bits per heavy atom. The molecule has 2 aromatic carbocycles. The summed E-state index contributed by atoms with van der Waals surface area (Å²) in [6.07, 6.45) is 2.92. The average molecular weight is 518 g/mol. The molecule has 0 saturated heterocycles. The van der Waals surface area contributed by atoms with E-state index in [-0.39, 0.29) is 34.6 Å². The zero-order chi connectivity index (χ0) is 25.6. The molecule has 0 amide bonds. The largest absolute Gasteiger partial charge is 0.355 e. The van der Waals surface area contributed by atoms with Crippen LogP contribution in [0.15, 0.2) is 46.4 Å². The van der Waals surface area contributed by atoms with Gasteiger partial charge in [0.1, 0.15) is 18.0 Å². The Labute approximate surface area is 203 Å². The molecule has 0 aliphatic heterocycles. The Bertz CT molecular complexity index is 1730. The number of benzene rings is 2. The van der Waals surface area contributed by atoms with Crippen LogP contribution in [0.1, 0.15) is 11.4 Å². The molecule has 3 aromatic heterocycles. The maximum Gasteiger partial charge on any atom is 0.355 e. The van der Waals surface area contributed by atoms with Gasteiger partial charge in [0.05, 0.1) is 29.3 Å². The van der Waals surface area contributed by atoms with Crippen LogP contribution in [-0.4, -0.2) is 39.1 Å². The van der Waals surface area contributed by atoms with Crippen LogP contribution >= 0.6 is 11.6 Å². The molecule has 11 nitrogen and oxygen atoms in total. The number of nitrogens with zero attached hydrogens (tertiary/aromatic N) is 7. The third-order valence-electron chi connectivity index (χ3n) is 5.29. The Hall–Kier alpha value is -4.46. The number of hydrogen-bond donors (Lipinski definition) is 2. The van der Waals surface area contributed by atoms with Gasteiger partial charge in [-0.3, -0.25) is 14.3 Å². The van der Waals surface area contributed by atoms with Gasteiger partial charge in [0, 0.05) is 30.3 Å². The van der Waals surface area contributed by atoms with Crippen molar-refractivity contribution in [2.75, 3.05) is 5.32 Å². The van der Waals surface area contributed by atoms with Crippen molar-refractivity contribution in [1.82, 2.24) is 39.1 Å². The third kappa shape index (κ3) is 4.33. The SMILES string of the molecule is Cn1cc2cc(Nc3nc(=O)n(Cc4ncn[nH]4)c(=O)n3Cc3cc(F)c(F)cc3F)c(Cl)cc2n1. The van der Waals surface area contributed by atoms with Crippen LogP contribution in [0.2, 0.25) is 5.02 Å². The number of H-pyrrole nitrogens is 1.